The largest absolute Gasteiger partial charge is 0.314 e. The van der Waals surface area contributed by atoms with E-state index in [9.17, 15) is 0 Å². The van der Waals surface area contributed by atoms with Crippen LogP contribution in [0.25, 0.3) is 0 Å². The molecule has 3 heteroatoms. The second-order valence-corrected chi connectivity index (χ2v) is 5.90. The zero-order valence-electron chi connectivity index (χ0n) is 9.82. The molecule has 2 atom stereocenters. The Labute approximate surface area is 102 Å². The van der Waals surface area contributed by atoms with E-state index in [1.165, 1.54) is 11.3 Å². The van der Waals surface area contributed by atoms with Crippen molar-refractivity contribution in [1.82, 2.24) is 5.32 Å². The van der Waals surface area contributed by atoms with Crippen LogP contribution in [-0.4, -0.2) is 24.6 Å². The van der Waals surface area contributed by atoms with Crippen molar-refractivity contribution in [3.63, 3.8) is 0 Å². The number of thiophene rings is 1. The van der Waals surface area contributed by atoms with Crippen molar-refractivity contribution in [3.8, 4) is 0 Å². The molecule has 1 nitrogen and oxygen atoms in total. The molecule has 86 valence electrons. The molecule has 0 amide bonds. The first kappa shape index (κ1) is 13.1. The van der Waals surface area contributed by atoms with E-state index >= 15 is 0 Å². The van der Waals surface area contributed by atoms with E-state index in [0.717, 1.165) is 18.9 Å². The minimum absolute atomic E-state index is 0.587. The maximum atomic E-state index is 3.60. The first-order valence-corrected chi connectivity index (χ1v) is 7.79. The van der Waals surface area contributed by atoms with E-state index in [4.69, 9.17) is 0 Å². The molecule has 0 fully saturated rings. The van der Waals surface area contributed by atoms with Gasteiger partial charge in [-0.15, -0.1) is 0 Å². The molecule has 0 radical (unpaired) electrons. The van der Waals surface area contributed by atoms with Crippen molar-refractivity contribution >= 4 is 23.1 Å². The molecule has 1 aromatic heterocycles. The Morgan fingerprint density at radius 3 is 2.87 bits per heavy atom. The Kier molecular flexibility index (Phi) is 6.37. The molecule has 1 aromatic rings. The molecule has 0 spiro atoms. The van der Waals surface area contributed by atoms with Crippen LogP contribution in [0.2, 0.25) is 0 Å². The average Bonchev–Trinajstić information content (AvgIpc) is 2.68. The van der Waals surface area contributed by atoms with Gasteiger partial charge < -0.3 is 5.32 Å². The lowest BCUT2D eigenvalue weighted by Crippen LogP contribution is -2.32. The highest BCUT2D eigenvalue weighted by Gasteiger charge is 2.06. The monoisotopic (exact) mass is 243 g/mol. The number of nitrogens with one attached hydrogen (secondary N) is 1. The summed E-state index contributed by atoms with van der Waals surface area (Å²) < 4.78 is 0. The van der Waals surface area contributed by atoms with Gasteiger partial charge in [-0.2, -0.15) is 23.1 Å². The van der Waals surface area contributed by atoms with E-state index in [1.54, 1.807) is 11.3 Å². The Hall–Kier alpha value is 0.01000. The van der Waals surface area contributed by atoms with E-state index < -0.39 is 0 Å². The van der Waals surface area contributed by atoms with Gasteiger partial charge in [-0.05, 0) is 60.2 Å². The molecule has 0 aliphatic heterocycles. The Morgan fingerprint density at radius 2 is 2.27 bits per heavy atom. The maximum absolute atomic E-state index is 3.60. The quantitative estimate of drug-likeness (QED) is 0.789. The summed E-state index contributed by atoms with van der Waals surface area (Å²) in [7, 11) is 0. The van der Waals surface area contributed by atoms with Crippen LogP contribution in [0.5, 0.6) is 0 Å². The molecule has 0 saturated heterocycles. The van der Waals surface area contributed by atoms with Gasteiger partial charge in [0.1, 0.15) is 0 Å². The maximum Gasteiger partial charge on any atom is 0.00795 e. The molecule has 0 aliphatic rings. The van der Waals surface area contributed by atoms with Crippen LogP contribution in [0.15, 0.2) is 16.8 Å². The van der Waals surface area contributed by atoms with Crippen LogP contribution >= 0.6 is 23.1 Å². The van der Waals surface area contributed by atoms with Crippen molar-refractivity contribution in [2.75, 3.05) is 18.6 Å². The summed E-state index contributed by atoms with van der Waals surface area (Å²) in [5.41, 5.74) is 1.46. The van der Waals surface area contributed by atoms with Crippen molar-refractivity contribution in [1.29, 1.82) is 0 Å². The molecule has 1 N–H and O–H groups in total. The average molecular weight is 243 g/mol. The third kappa shape index (κ3) is 5.59. The highest BCUT2D eigenvalue weighted by Crippen LogP contribution is 2.09. The fraction of sp³-hybridized carbons (Fsp3) is 0.667. The third-order valence-corrected chi connectivity index (χ3v) is 4.02. The zero-order chi connectivity index (χ0) is 11.1. The van der Waals surface area contributed by atoms with Gasteiger partial charge in [0.15, 0.2) is 0 Å². The Balaban J connectivity index is 2.16. The van der Waals surface area contributed by atoms with Gasteiger partial charge in [0.25, 0.3) is 0 Å². The van der Waals surface area contributed by atoms with Gasteiger partial charge in [-0.3, -0.25) is 0 Å². The van der Waals surface area contributed by atoms with Crippen molar-refractivity contribution < 1.29 is 0 Å². The first-order valence-electron chi connectivity index (χ1n) is 5.45. The molecular formula is C12H21NS2. The Morgan fingerprint density at radius 1 is 1.47 bits per heavy atom. The second-order valence-electron chi connectivity index (χ2n) is 4.21. The molecule has 0 bridgehead atoms. The molecule has 1 rings (SSSR count). The van der Waals surface area contributed by atoms with E-state index in [0.29, 0.717) is 6.04 Å². The van der Waals surface area contributed by atoms with Gasteiger partial charge in [-0.25, -0.2) is 0 Å². The van der Waals surface area contributed by atoms with Crippen molar-refractivity contribution in [2.24, 2.45) is 5.92 Å². The highest BCUT2D eigenvalue weighted by atomic mass is 32.2. The second kappa shape index (κ2) is 7.31. The minimum atomic E-state index is 0.587. The summed E-state index contributed by atoms with van der Waals surface area (Å²) in [5, 5.41) is 7.99. The van der Waals surface area contributed by atoms with Gasteiger partial charge in [0.05, 0.1) is 0 Å². The summed E-state index contributed by atoms with van der Waals surface area (Å²) in [6.07, 6.45) is 3.32. The van der Waals surface area contributed by atoms with Gasteiger partial charge >= 0.3 is 0 Å². The molecule has 1 heterocycles. The lowest BCUT2D eigenvalue weighted by Gasteiger charge is -2.16. The standard InChI is InChI=1S/C12H21NS2/c1-10(8-14-3)7-13-11(2)6-12-4-5-15-9-12/h4-5,9-11,13H,6-8H2,1-3H3. The predicted octanol–water partition coefficient (Wildman–Crippen LogP) is 3.27. The van der Waals surface area contributed by atoms with Crippen LogP contribution in [-0.2, 0) is 6.42 Å². The number of hydrogen-bond acceptors (Lipinski definition) is 3. The van der Waals surface area contributed by atoms with Crippen LogP contribution < -0.4 is 5.32 Å². The molecule has 2 unspecified atom stereocenters. The summed E-state index contributed by atoms with van der Waals surface area (Å²) >= 11 is 3.71. The highest BCUT2D eigenvalue weighted by molar-refractivity contribution is 7.98. The number of hydrogen-bond donors (Lipinski definition) is 1. The third-order valence-electron chi connectivity index (χ3n) is 2.39. The molecule has 15 heavy (non-hydrogen) atoms. The van der Waals surface area contributed by atoms with Gasteiger partial charge in [0, 0.05) is 6.04 Å². The number of thioether (sulfide) groups is 1. The van der Waals surface area contributed by atoms with Gasteiger partial charge in [0.2, 0.25) is 0 Å². The summed E-state index contributed by atoms with van der Waals surface area (Å²) in [4.78, 5) is 0. The van der Waals surface area contributed by atoms with Crippen LogP contribution in [0.3, 0.4) is 0 Å². The molecule has 0 aliphatic carbocycles. The number of rotatable bonds is 7. The van der Waals surface area contributed by atoms with Crippen LogP contribution in [0, 0.1) is 5.92 Å². The lowest BCUT2D eigenvalue weighted by atomic mass is 10.1. The van der Waals surface area contributed by atoms with Gasteiger partial charge in [-0.1, -0.05) is 6.92 Å². The topological polar surface area (TPSA) is 12.0 Å². The van der Waals surface area contributed by atoms with E-state index in [2.05, 4.69) is 42.2 Å². The fourth-order valence-electron chi connectivity index (χ4n) is 1.58. The molecule has 0 saturated carbocycles. The SMILES string of the molecule is CSCC(C)CNC(C)Cc1ccsc1. The molecular weight excluding hydrogens is 222 g/mol. The first-order chi connectivity index (χ1) is 7.22. The lowest BCUT2D eigenvalue weighted by molar-refractivity contribution is 0.486. The normalized spacial score (nSPS) is 15.1. The van der Waals surface area contributed by atoms with E-state index in [1.807, 2.05) is 11.8 Å². The van der Waals surface area contributed by atoms with E-state index in [-0.39, 0.29) is 0 Å². The fourth-order valence-corrected chi connectivity index (χ4v) is 2.95. The summed E-state index contributed by atoms with van der Waals surface area (Å²) in [5.74, 6) is 2.02. The Bertz CT molecular complexity index is 246. The minimum Gasteiger partial charge on any atom is -0.314 e. The smallest absolute Gasteiger partial charge is 0.00795 e. The van der Waals surface area contributed by atoms with Crippen molar-refractivity contribution in [2.45, 2.75) is 26.3 Å². The summed E-state index contributed by atoms with van der Waals surface area (Å²) in [6, 6.07) is 2.80. The van der Waals surface area contributed by atoms with Crippen LogP contribution in [0.1, 0.15) is 19.4 Å². The zero-order valence-corrected chi connectivity index (χ0v) is 11.5. The molecule has 0 aromatic carbocycles. The predicted molar refractivity (Wildman–Crippen MR) is 73.0 cm³/mol. The van der Waals surface area contributed by atoms with Crippen molar-refractivity contribution in [3.05, 3.63) is 22.4 Å². The van der Waals surface area contributed by atoms with Crippen LogP contribution in [0.4, 0.5) is 0 Å². The summed E-state index contributed by atoms with van der Waals surface area (Å²) in [6.45, 7) is 5.70.